The molecule has 0 bridgehead atoms. The molecular weight excluding hydrogens is 364 g/mol. The SMILES string of the molecule is Cc1cc2cccnc2c2[n-]ccc12.[Ir]. The Balaban J connectivity index is 0.000000853. The Morgan fingerprint density at radius 3 is 3.00 bits per heavy atom. The molecule has 0 unspecified atom stereocenters. The zero-order chi connectivity index (χ0) is 9.54. The van der Waals surface area contributed by atoms with Crippen molar-refractivity contribution in [1.82, 2.24) is 9.97 Å². The fourth-order valence-corrected chi connectivity index (χ4v) is 1.88. The van der Waals surface area contributed by atoms with Gasteiger partial charge in [-0.25, -0.2) is 0 Å². The molecule has 0 saturated heterocycles. The van der Waals surface area contributed by atoms with Crippen LogP contribution in [0.1, 0.15) is 5.56 Å². The van der Waals surface area contributed by atoms with Gasteiger partial charge in [0.25, 0.3) is 0 Å². The molecule has 3 heteroatoms. The average Bonchev–Trinajstić information content (AvgIpc) is 2.67. The van der Waals surface area contributed by atoms with Gasteiger partial charge in [0, 0.05) is 26.3 Å². The third-order valence-corrected chi connectivity index (χ3v) is 2.56. The molecule has 0 spiro atoms. The summed E-state index contributed by atoms with van der Waals surface area (Å²) in [6.45, 7) is 2.11. The first-order valence-electron chi connectivity index (χ1n) is 4.62. The van der Waals surface area contributed by atoms with Crippen LogP contribution in [0.3, 0.4) is 0 Å². The zero-order valence-electron chi connectivity index (χ0n) is 8.19. The monoisotopic (exact) mass is 374 g/mol. The maximum atomic E-state index is 4.36. The first-order valence-corrected chi connectivity index (χ1v) is 4.62. The molecule has 0 aliphatic rings. The van der Waals surface area contributed by atoms with Gasteiger partial charge in [0.15, 0.2) is 0 Å². The van der Waals surface area contributed by atoms with Crippen molar-refractivity contribution < 1.29 is 20.1 Å². The zero-order valence-corrected chi connectivity index (χ0v) is 10.6. The van der Waals surface area contributed by atoms with Gasteiger partial charge in [-0.3, -0.25) is 4.98 Å². The van der Waals surface area contributed by atoms with Crippen LogP contribution in [-0.2, 0) is 20.1 Å². The molecule has 0 fully saturated rings. The van der Waals surface area contributed by atoms with E-state index >= 15 is 0 Å². The van der Waals surface area contributed by atoms with Gasteiger partial charge in [0.1, 0.15) is 0 Å². The van der Waals surface area contributed by atoms with Gasteiger partial charge in [-0.05, 0) is 35.4 Å². The minimum atomic E-state index is 0. The van der Waals surface area contributed by atoms with Crippen LogP contribution in [0.15, 0.2) is 36.7 Å². The van der Waals surface area contributed by atoms with Crippen molar-refractivity contribution in [2.75, 3.05) is 0 Å². The molecule has 1 aromatic carbocycles. The molecule has 1 radical (unpaired) electrons. The summed E-state index contributed by atoms with van der Waals surface area (Å²) in [7, 11) is 0. The fraction of sp³-hybridized carbons (Fsp3) is 0.0833. The number of hydrogen-bond donors (Lipinski definition) is 0. The summed E-state index contributed by atoms with van der Waals surface area (Å²) in [5.74, 6) is 0. The molecule has 2 heterocycles. The van der Waals surface area contributed by atoms with Gasteiger partial charge >= 0.3 is 0 Å². The molecule has 0 aliphatic carbocycles. The average molecular weight is 373 g/mol. The number of aromatic nitrogens is 2. The molecule has 77 valence electrons. The Hall–Kier alpha value is -1.18. The third-order valence-electron chi connectivity index (χ3n) is 2.56. The molecule has 0 atom stereocenters. The Labute approximate surface area is 101 Å². The topological polar surface area (TPSA) is 27.0 Å². The number of nitrogens with zero attached hydrogens (tertiary/aromatic N) is 2. The number of pyridine rings is 1. The van der Waals surface area contributed by atoms with Crippen molar-refractivity contribution >= 4 is 21.8 Å². The fourth-order valence-electron chi connectivity index (χ4n) is 1.88. The second-order valence-corrected chi connectivity index (χ2v) is 3.48. The van der Waals surface area contributed by atoms with Crippen LogP contribution in [0.2, 0.25) is 0 Å². The first kappa shape index (κ1) is 10.3. The summed E-state index contributed by atoms with van der Waals surface area (Å²) in [6.07, 6.45) is 3.65. The van der Waals surface area contributed by atoms with E-state index in [1.54, 1.807) is 0 Å². The summed E-state index contributed by atoms with van der Waals surface area (Å²) >= 11 is 0. The molecule has 3 aromatic rings. The van der Waals surface area contributed by atoms with E-state index in [2.05, 4.69) is 29.0 Å². The molecule has 0 N–H and O–H groups in total. The predicted molar refractivity (Wildman–Crippen MR) is 57.3 cm³/mol. The summed E-state index contributed by atoms with van der Waals surface area (Å²) in [5.41, 5.74) is 3.27. The van der Waals surface area contributed by atoms with Crippen LogP contribution in [0, 0.1) is 6.92 Å². The molecule has 3 rings (SSSR count). The van der Waals surface area contributed by atoms with E-state index in [0.29, 0.717) is 0 Å². The number of hydrogen-bond acceptors (Lipinski definition) is 1. The molecule has 15 heavy (non-hydrogen) atoms. The van der Waals surface area contributed by atoms with E-state index in [1.165, 1.54) is 10.9 Å². The summed E-state index contributed by atoms with van der Waals surface area (Å²) in [6, 6.07) is 8.23. The predicted octanol–water partition coefficient (Wildman–Crippen LogP) is 2.65. The third kappa shape index (κ3) is 1.48. The van der Waals surface area contributed by atoms with Crippen molar-refractivity contribution in [3.05, 3.63) is 42.2 Å². The van der Waals surface area contributed by atoms with E-state index in [1.807, 2.05) is 24.5 Å². The van der Waals surface area contributed by atoms with Crippen LogP contribution in [0.5, 0.6) is 0 Å². The Morgan fingerprint density at radius 2 is 2.13 bits per heavy atom. The summed E-state index contributed by atoms with van der Waals surface area (Å²) in [4.78, 5) is 8.71. The van der Waals surface area contributed by atoms with Crippen LogP contribution in [0.25, 0.3) is 21.8 Å². The van der Waals surface area contributed by atoms with Gasteiger partial charge in [-0.1, -0.05) is 12.1 Å². The summed E-state index contributed by atoms with van der Waals surface area (Å²) < 4.78 is 0. The van der Waals surface area contributed by atoms with Crippen molar-refractivity contribution in [2.24, 2.45) is 0 Å². The molecule has 0 saturated carbocycles. The van der Waals surface area contributed by atoms with Crippen molar-refractivity contribution in [3.8, 4) is 0 Å². The largest absolute Gasteiger partial charge is 0.662 e. The van der Waals surface area contributed by atoms with Crippen molar-refractivity contribution in [1.29, 1.82) is 0 Å². The molecule has 0 aliphatic heterocycles. The molecule has 2 nitrogen and oxygen atoms in total. The standard InChI is InChI=1S/C12H9N2.Ir/c1-8-7-9-3-2-5-13-11(9)12-10(8)4-6-14-12;/h2-7H,1H3;/q-1;. The molecule has 2 aromatic heterocycles. The van der Waals surface area contributed by atoms with Gasteiger partial charge in [-0.2, -0.15) is 6.20 Å². The molecular formula is C12H9IrN2-. The number of aryl methyl sites for hydroxylation is 1. The van der Waals surface area contributed by atoms with Crippen molar-refractivity contribution in [3.63, 3.8) is 0 Å². The first-order chi connectivity index (χ1) is 6.86. The minimum absolute atomic E-state index is 0. The Morgan fingerprint density at radius 1 is 1.27 bits per heavy atom. The summed E-state index contributed by atoms with van der Waals surface area (Å²) in [5, 5.41) is 2.37. The van der Waals surface area contributed by atoms with Gasteiger partial charge in [0.05, 0.1) is 5.52 Å². The number of benzene rings is 1. The maximum Gasteiger partial charge on any atom is 0.0561 e. The van der Waals surface area contributed by atoms with E-state index in [4.69, 9.17) is 0 Å². The van der Waals surface area contributed by atoms with Gasteiger partial charge in [-0.15, -0.1) is 5.52 Å². The Bertz CT molecular complexity index is 613. The van der Waals surface area contributed by atoms with Gasteiger partial charge in [0.2, 0.25) is 0 Å². The quantitative estimate of drug-likeness (QED) is 0.606. The van der Waals surface area contributed by atoms with Crippen molar-refractivity contribution in [2.45, 2.75) is 6.92 Å². The second-order valence-electron chi connectivity index (χ2n) is 3.48. The number of rotatable bonds is 0. The number of fused-ring (bicyclic) bond motifs is 3. The van der Waals surface area contributed by atoms with Crippen LogP contribution in [-0.4, -0.2) is 4.98 Å². The van der Waals surface area contributed by atoms with E-state index in [9.17, 15) is 0 Å². The normalized spacial score (nSPS) is 10.5. The van der Waals surface area contributed by atoms with Crippen LogP contribution >= 0.6 is 0 Å². The molecule has 0 amide bonds. The smallest absolute Gasteiger partial charge is 0.0561 e. The van der Waals surface area contributed by atoms with Gasteiger partial charge < -0.3 is 4.98 Å². The second kappa shape index (κ2) is 3.76. The van der Waals surface area contributed by atoms with E-state index in [-0.39, 0.29) is 20.1 Å². The van der Waals surface area contributed by atoms with E-state index in [0.717, 1.165) is 16.4 Å². The van der Waals surface area contributed by atoms with Crippen LogP contribution in [0.4, 0.5) is 0 Å². The van der Waals surface area contributed by atoms with E-state index < -0.39 is 0 Å². The van der Waals surface area contributed by atoms with Crippen LogP contribution < -0.4 is 4.98 Å². The Kier molecular flexibility index (Phi) is 2.59. The minimum Gasteiger partial charge on any atom is -0.662 e. The maximum absolute atomic E-state index is 4.36.